The maximum absolute atomic E-state index is 14.1. The van der Waals surface area contributed by atoms with Gasteiger partial charge in [-0.2, -0.15) is 0 Å². The Morgan fingerprint density at radius 3 is 2.62 bits per heavy atom. The van der Waals surface area contributed by atoms with E-state index in [-0.39, 0.29) is 36.8 Å². The Bertz CT molecular complexity index is 1320. The third kappa shape index (κ3) is 7.25. The molecule has 1 spiro atoms. The molecule has 2 bridgehead atoms. The highest BCUT2D eigenvalue weighted by Gasteiger charge is 2.61. The first-order chi connectivity index (χ1) is 22.7. The zero-order valence-electron chi connectivity index (χ0n) is 29.6. The molecule has 10 nitrogen and oxygen atoms in total. The zero-order valence-corrected chi connectivity index (χ0v) is 29.6. The van der Waals surface area contributed by atoms with Crippen molar-refractivity contribution >= 4 is 11.9 Å². The molecule has 3 fully saturated rings. The Hall–Kier alpha value is -2.34. The molecule has 0 aromatic carbocycles. The first-order valence-electron chi connectivity index (χ1n) is 17.9. The summed E-state index contributed by atoms with van der Waals surface area (Å²) in [6.45, 7) is 13.6. The Morgan fingerprint density at radius 2 is 1.90 bits per heavy atom. The summed E-state index contributed by atoms with van der Waals surface area (Å²) in [5.74, 6) is -4.21. The predicted molar refractivity (Wildman–Crippen MR) is 178 cm³/mol. The van der Waals surface area contributed by atoms with Gasteiger partial charge in [-0.1, -0.05) is 76.5 Å². The van der Waals surface area contributed by atoms with Crippen LogP contribution in [0.3, 0.4) is 0 Å². The van der Waals surface area contributed by atoms with Gasteiger partial charge in [0.25, 0.3) is 0 Å². The summed E-state index contributed by atoms with van der Waals surface area (Å²) >= 11 is 0. The largest absolute Gasteiger partial charge is 0.462 e. The third-order valence-electron chi connectivity index (χ3n) is 11.1. The highest BCUT2D eigenvalue weighted by Crippen LogP contribution is 2.47. The lowest BCUT2D eigenvalue weighted by atomic mass is 9.71. The summed E-state index contributed by atoms with van der Waals surface area (Å²) in [6.07, 6.45) is 7.58. The van der Waals surface area contributed by atoms with Crippen LogP contribution in [0, 0.1) is 23.7 Å². The van der Waals surface area contributed by atoms with Gasteiger partial charge in [-0.25, -0.2) is 0 Å². The average Bonchev–Trinajstić information content (AvgIpc) is 3.37. The molecule has 4 heterocycles. The number of aliphatic hydroxyl groups is 3. The second kappa shape index (κ2) is 14.9. The number of fused-ring (bicyclic) bond motifs is 2. The van der Waals surface area contributed by atoms with Crippen molar-refractivity contribution in [1.82, 2.24) is 0 Å². The van der Waals surface area contributed by atoms with Crippen molar-refractivity contribution < 1.29 is 48.6 Å². The SMILES string of the molecule is CCCCC(C)C(=O)OC1C(C)C(C)OC2(CC3CC(C/C=C(\C)CC(C)/C=C/C=C4\COC5C(O)C(C)=CC(C(=O)O3)C45O)O2)C1O. The lowest BCUT2D eigenvalue weighted by molar-refractivity contribution is -0.383. The number of allylic oxidation sites excluding steroid dienone is 4. The van der Waals surface area contributed by atoms with Gasteiger partial charge in [-0.15, -0.1) is 0 Å². The van der Waals surface area contributed by atoms with Crippen molar-refractivity contribution in [3.63, 3.8) is 0 Å². The molecule has 0 amide bonds. The zero-order chi connectivity index (χ0) is 35.0. The highest BCUT2D eigenvalue weighted by molar-refractivity contribution is 5.78. The average molecular weight is 673 g/mol. The number of carbonyl (C=O) groups excluding carboxylic acids is 2. The first kappa shape index (κ1) is 36.9. The van der Waals surface area contributed by atoms with Crippen molar-refractivity contribution in [1.29, 1.82) is 0 Å². The minimum Gasteiger partial charge on any atom is -0.462 e. The third-order valence-corrected chi connectivity index (χ3v) is 11.1. The molecule has 13 atom stereocenters. The minimum absolute atomic E-state index is 0.00840. The lowest BCUT2D eigenvalue weighted by Gasteiger charge is -2.53. The van der Waals surface area contributed by atoms with Crippen molar-refractivity contribution in [3.05, 3.63) is 47.1 Å². The molecule has 268 valence electrons. The van der Waals surface area contributed by atoms with Crippen LogP contribution < -0.4 is 0 Å². The van der Waals surface area contributed by atoms with Crippen LogP contribution in [-0.4, -0.2) is 88.0 Å². The number of rotatable bonds is 5. The molecule has 3 N–H and O–H groups in total. The predicted octanol–water partition coefficient (Wildman–Crippen LogP) is 4.85. The van der Waals surface area contributed by atoms with E-state index in [4.69, 9.17) is 23.7 Å². The molecule has 0 aromatic rings. The van der Waals surface area contributed by atoms with E-state index < -0.39 is 66.0 Å². The number of esters is 2. The van der Waals surface area contributed by atoms with Gasteiger partial charge in [0.2, 0.25) is 5.79 Å². The quantitative estimate of drug-likeness (QED) is 0.274. The molecule has 0 radical (unpaired) electrons. The number of hydrogen-bond donors (Lipinski definition) is 3. The molecular weight excluding hydrogens is 616 g/mol. The van der Waals surface area contributed by atoms with Crippen LogP contribution >= 0.6 is 0 Å². The van der Waals surface area contributed by atoms with Gasteiger partial charge < -0.3 is 39.0 Å². The molecule has 1 aliphatic carbocycles. The highest BCUT2D eigenvalue weighted by atomic mass is 16.7. The van der Waals surface area contributed by atoms with Gasteiger partial charge in [-0.05, 0) is 57.1 Å². The van der Waals surface area contributed by atoms with Crippen LogP contribution in [-0.2, 0) is 33.3 Å². The van der Waals surface area contributed by atoms with Gasteiger partial charge >= 0.3 is 11.9 Å². The van der Waals surface area contributed by atoms with Gasteiger partial charge in [-0.3, -0.25) is 9.59 Å². The van der Waals surface area contributed by atoms with Crippen LogP contribution in [0.5, 0.6) is 0 Å². The monoisotopic (exact) mass is 672 g/mol. The Labute approximate surface area is 285 Å². The van der Waals surface area contributed by atoms with E-state index in [1.807, 2.05) is 32.9 Å². The normalized spacial score (nSPS) is 45.5. The second-order valence-corrected chi connectivity index (χ2v) is 15.1. The van der Waals surface area contributed by atoms with Crippen LogP contribution in [0.1, 0.15) is 93.4 Å². The molecule has 13 unspecified atom stereocenters. The summed E-state index contributed by atoms with van der Waals surface area (Å²) < 4.78 is 31.3. The molecule has 5 rings (SSSR count). The van der Waals surface area contributed by atoms with E-state index >= 15 is 0 Å². The number of unbranched alkanes of at least 4 members (excludes halogenated alkanes) is 1. The molecule has 0 aromatic heterocycles. The standard InChI is InChI=1S/C38H56O10/c1-8-9-12-23(4)35(41)46-32-25(6)26(7)47-37(33(32)40)19-29-18-28(48-37)15-14-22(3)16-21(2)11-10-13-27-20-44-34-31(39)24(5)17-30(36(42)45-29)38(27,34)43/h10-11,13-14,17,21,23,25-26,28-34,39-40,43H,8-9,12,15-16,18-20H2,1-7H3/b11-10+,22-14+,27-13+. The van der Waals surface area contributed by atoms with Gasteiger partial charge in [0.05, 0.1) is 24.7 Å². The van der Waals surface area contributed by atoms with Crippen molar-refractivity contribution in [2.45, 2.75) is 148 Å². The first-order valence-corrected chi connectivity index (χ1v) is 17.9. The number of hydrogen-bond acceptors (Lipinski definition) is 10. The van der Waals surface area contributed by atoms with E-state index in [1.165, 1.54) is 0 Å². The summed E-state index contributed by atoms with van der Waals surface area (Å²) in [5.41, 5.74) is 0.354. The molecule has 5 aliphatic rings. The maximum Gasteiger partial charge on any atom is 0.316 e. The summed E-state index contributed by atoms with van der Waals surface area (Å²) in [7, 11) is 0. The smallest absolute Gasteiger partial charge is 0.316 e. The van der Waals surface area contributed by atoms with Crippen LogP contribution in [0.4, 0.5) is 0 Å². The summed E-state index contributed by atoms with van der Waals surface area (Å²) in [5, 5.41) is 35.1. The number of aliphatic hydroxyl groups excluding tert-OH is 2. The molecule has 0 saturated carbocycles. The fourth-order valence-electron chi connectivity index (χ4n) is 7.98. The van der Waals surface area contributed by atoms with Gasteiger partial charge in [0, 0.05) is 18.8 Å². The maximum atomic E-state index is 14.1. The molecule has 48 heavy (non-hydrogen) atoms. The molecule has 10 heteroatoms. The van der Waals surface area contributed by atoms with Gasteiger partial charge in [0.15, 0.2) is 0 Å². The molecular formula is C38H56O10. The summed E-state index contributed by atoms with van der Waals surface area (Å²) in [4.78, 5) is 27.3. The molecule has 4 aliphatic heterocycles. The second-order valence-electron chi connectivity index (χ2n) is 15.1. The van der Waals surface area contributed by atoms with E-state index in [0.29, 0.717) is 30.4 Å². The molecule has 3 saturated heterocycles. The number of ether oxygens (including phenoxy) is 5. The topological polar surface area (TPSA) is 141 Å². The van der Waals surface area contributed by atoms with E-state index in [0.717, 1.165) is 24.8 Å². The fraction of sp³-hybridized carbons (Fsp3) is 0.737. The van der Waals surface area contributed by atoms with E-state index in [2.05, 4.69) is 26.8 Å². The number of carbonyl (C=O) groups is 2. The van der Waals surface area contributed by atoms with E-state index in [1.54, 1.807) is 19.1 Å². The van der Waals surface area contributed by atoms with Gasteiger partial charge in [0.1, 0.15) is 42.0 Å². The van der Waals surface area contributed by atoms with Crippen molar-refractivity contribution in [3.8, 4) is 0 Å². The lowest BCUT2D eigenvalue weighted by Crippen LogP contribution is -2.67. The van der Waals surface area contributed by atoms with E-state index in [9.17, 15) is 24.9 Å². The van der Waals surface area contributed by atoms with Crippen LogP contribution in [0.25, 0.3) is 0 Å². The Morgan fingerprint density at radius 1 is 1.15 bits per heavy atom. The Kier molecular flexibility index (Phi) is 11.4. The van der Waals surface area contributed by atoms with Crippen molar-refractivity contribution in [2.24, 2.45) is 23.7 Å². The van der Waals surface area contributed by atoms with Crippen LogP contribution in [0.2, 0.25) is 0 Å². The summed E-state index contributed by atoms with van der Waals surface area (Å²) in [6, 6.07) is 0. The van der Waals surface area contributed by atoms with Crippen LogP contribution in [0.15, 0.2) is 47.1 Å². The minimum atomic E-state index is -1.81. The fourth-order valence-corrected chi connectivity index (χ4v) is 7.98. The Balaban J connectivity index is 1.49. The van der Waals surface area contributed by atoms with Crippen molar-refractivity contribution in [2.75, 3.05) is 6.61 Å².